The van der Waals surface area contributed by atoms with E-state index in [1.807, 2.05) is 0 Å². The number of nitrogens with one attached hydrogen (secondary N) is 1. The van der Waals surface area contributed by atoms with Gasteiger partial charge in [-0.1, -0.05) is 0 Å². The largest absolute Gasteiger partial charge is 0.438 e. The highest BCUT2D eigenvalue weighted by Crippen LogP contribution is 2.28. The number of aliphatic hydroxyl groups excluding tert-OH is 3. The zero-order valence-electron chi connectivity index (χ0n) is 7.16. The van der Waals surface area contributed by atoms with E-state index >= 15 is 0 Å². The van der Waals surface area contributed by atoms with Crippen LogP contribution in [0.2, 0.25) is 0 Å². The summed E-state index contributed by atoms with van der Waals surface area (Å²) in [6.07, 6.45) is -5.46. The molecule has 0 spiro atoms. The van der Waals surface area contributed by atoms with E-state index in [1.165, 1.54) is 0 Å². The number of carbonyl (C=O) groups excluding carboxylic acids is 1. The van der Waals surface area contributed by atoms with Crippen LogP contribution in [0.15, 0.2) is 0 Å². The van der Waals surface area contributed by atoms with E-state index in [1.54, 1.807) is 0 Å². The van der Waals surface area contributed by atoms with Crippen LogP contribution in [0.3, 0.4) is 0 Å². The molecule has 7 nitrogen and oxygen atoms in total. The third kappa shape index (κ3) is 1.34. The van der Waals surface area contributed by atoms with Crippen LogP contribution in [0, 0.1) is 0 Å². The first kappa shape index (κ1) is 9.66. The molecular formula is C7H11NO6. The van der Waals surface area contributed by atoms with Crippen LogP contribution in [0.4, 0.5) is 4.79 Å². The van der Waals surface area contributed by atoms with Crippen molar-refractivity contribution in [2.45, 2.75) is 30.6 Å². The Morgan fingerprint density at radius 2 is 2.29 bits per heavy atom. The monoisotopic (exact) mass is 205 g/mol. The molecule has 0 radical (unpaired) electrons. The lowest BCUT2D eigenvalue weighted by Gasteiger charge is -2.19. The summed E-state index contributed by atoms with van der Waals surface area (Å²) in [5.74, 6) is 0. The molecule has 2 aliphatic rings. The number of hydrogen-bond donors (Lipinski definition) is 4. The predicted molar refractivity (Wildman–Crippen MR) is 41.2 cm³/mol. The molecule has 0 saturated carbocycles. The highest BCUT2D eigenvalue weighted by molar-refractivity contribution is 5.70. The Bertz CT molecular complexity index is 246. The van der Waals surface area contributed by atoms with Gasteiger partial charge in [0.15, 0.2) is 12.3 Å². The fraction of sp³-hybridized carbons (Fsp3) is 0.857. The average Bonchev–Trinajstić information content (AvgIpc) is 2.64. The van der Waals surface area contributed by atoms with E-state index in [-0.39, 0.29) is 0 Å². The molecule has 2 rings (SSSR count). The van der Waals surface area contributed by atoms with Gasteiger partial charge in [0, 0.05) is 0 Å². The Morgan fingerprint density at radius 3 is 2.86 bits per heavy atom. The summed E-state index contributed by atoms with van der Waals surface area (Å²) < 4.78 is 9.81. The van der Waals surface area contributed by atoms with Crippen molar-refractivity contribution < 1.29 is 29.6 Å². The van der Waals surface area contributed by atoms with Gasteiger partial charge < -0.3 is 24.8 Å². The van der Waals surface area contributed by atoms with Crippen molar-refractivity contribution in [2.24, 2.45) is 0 Å². The molecule has 80 valence electrons. The number of aliphatic hydroxyl groups is 3. The second-order valence-corrected chi connectivity index (χ2v) is 3.28. The minimum absolute atomic E-state index is 0.519. The summed E-state index contributed by atoms with van der Waals surface area (Å²) in [6, 6.07) is 0. The Hall–Kier alpha value is -0.890. The molecule has 14 heavy (non-hydrogen) atoms. The van der Waals surface area contributed by atoms with Crippen molar-refractivity contribution in [1.29, 1.82) is 0 Å². The molecule has 0 aliphatic carbocycles. The van der Waals surface area contributed by atoms with Crippen LogP contribution in [0.25, 0.3) is 0 Å². The van der Waals surface area contributed by atoms with E-state index in [9.17, 15) is 15.0 Å². The Kier molecular flexibility index (Phi) is 2.31. The summed E-state index contributed by atoms with van der Waals surface area (Å²) in [6.45, 7) is -0.519. The summed E-state index contributed by atoms with van der Waals surface area (Å²) in [4.78, 5) is 10.7. The SMILES string of the molecule is O=C1N[C@H]2O[C@H]([C@@H](O)CO)[C@H](O)[C@H]2O1. The molecule has 0 aromatic rings. The molecule has 7 heteroatoms. The number of amides is 1. The standard InChI is InChI=1S/C7H11NO6/c9-1-2(10)4-3(11)5-6(13-4)8-7(12)14-5/h2-6,9-11H,1H2,(H,8,12)/t2-,3-,4+,5+,6-/m0/s1. The Labute approximate surface area is 79.2 Å². The number of carbonyl (C=O) groups is 1. The van der Waals surface area contributed by atoms with Gasteiger partial charge >= 0.3 is 6.09 Å². The van der Waals surface area contributed by atoms with Crippen LogP contribution in [0.5, 0.6) is 0 Å². The first-order valence-corrected chi connectivity index (χ1v) is 4.23. The predicted octanol–water partition coefficient (Wildman–Crippen LogP) is -2.47. The van der Waals surface area contributed by atoms with Gasteiger partial charge in [-0.05, 0) is 0 Å². The van der Waals surface area contributed by atoms with Crippen LogP contribution in [-0.2, 0) is 9.47 Å². The molecule has 0 unspecified atom stereocenters. The Morgan fingerprint density at radius 1 is 1.57 bits per heavy atom. The summed E-state index contributed by atoms with van der Waals surface area (Å²) in [5, 5.41) is 29.8. The maximum atomic E-state index is 10.7. The van der Waals surface area contributed by atoms with Crippen molar-refractivity contribution in [3.8, 4) is 0 Å². The van der Waals surface area contributed by atoms with E-state index in [2.05, 4.69) is 5.32 Å². The molecule has 0 aromatic carbocycles. The van der Waals surface area contributed by atoms with E-state index in [4.69, 9.17) is 14.6 Å². The van der Waals surface area contributed by atoms with Gasteiger partial charge in [-0.15, -0.1) is 0 Å². The molecular weight excluding hydrogens is 194 g/mol. The third-order valence-electron chi connectivity index (χ3n) is 2.34. The van der Waals surface area contributed by atoms with Crippen molar-refractivity contribution >= 4 is 6.09 Å². The zero-order chi connectivity index (χ0) is 10.3. The van der Waals surface area contributed by atoms with Crippen LogP contribution in [0.1, 0.15) is 0 Å². The fourth-order valence-corrected chi connectivity index (χ4v) is 1.64. The van der Waals surface area contributed by atoms with Crippen molar-refractivity contribution in [1.82, 2.24) is 5.32 Å². The van der Waals surface area contributed by atoms with Crippen LogP contribution in [-0.4, -0.2) is 58.7 Å². The van der Waals surface area contributed by atoms with Gasteiger partial charge in [0.1, 0.15) is 18.3 Å². The van der Waals surface area contributed by atoms with E-state index in [0.717, 1.165) is 0 Å². The number of fused-ring (bicyclic) bond motifs is 1. The molecule has 4 N–H and O–H groups in total. The first-order chi connectivity index (χ1) is 6.63. The topological polar surface area (TPSA) is 108 Å². The highest BCUT2D eigenvalue weighted by Gasteiger charge is 2.52. The quantitative estimate of drug-likeness (QED) is 0.398. The summed E-state index contributed by atoms with van der Waals surface area (Å²) in [5.41, 5.74) is 0. The van der Waals surface area contributed by atoms with Crippen LogP contribution >= 0.6 is 0 Å². The average molecular weight is 205 g/mol. The van der Waals surface area contributed by atoms with Gasteiger partial charge in [-0.2, -0.15) is 0 Å². The van der Waals surface area contributed by atoms with E-state index in [0.29, 0.717) is 0 Å². The molecule has 1 amide bonds. The van der Waals surface area contributed by atoms with Crippen molar-refractivity contribution in [3.05, 3.63) is 0 Å². The number of ether oxygens (including phenoxy) is 2. The van der Waals surface area contributed by atoms with Gasteiger partial charge in [0.2, 0.25) is 0 Å². The summed E-state index contributed by atoms with van der Waals surface area (Å²) in [7, 11) is 0. The van der Waals surface area contributed by atoms with E-state index < -0.39 is 43.3 Å². The second kappa shape index (κ2) is 3.35. The molecule has 2 fully saturated rings. The minimum Gasteiger partial charge on any atom is -0.438 e. The van der Waals surface area contributed by atoms with Gasteiger partial charge in [-0.25, -0.2) is 4.79 Å². The lowest BCUT2D eigenvalue weighted by molar-refractivity contribution is -0.0862. The lowest BCUT2D eigenvalue weighted by atomic mass is 10.1. The molecule has 2 saturated heterocycles. The van der Waals surface area contributed by atoms with Crippen molar-refractivity contribution in [2.75, 3.05) is 6.61 Å². The summed E-state index contributed by atoms with van der Waals surface area (Å²) >= 11 is 0. The maximum absolute atomic E-state index is 10.7. The van der Waals surface area contributed by atoms with Gasteiger partial charge in [0.05, 0.1) is 6.61 Å². The second-order valence-electron chi connectivity index (χ2n) is 3.28. The molecule has 2 aliphatic heterocycles. The third-order valence-corrected chi connectivity index (χ3v) is 2.34. The number of rotatable bonds is 2. The zero-order valence-corrected chi connectivity index (χ0v) is 7.16. The van der Waals surface area contributed by atoms with Gasteiger partial charge in [0.25, 0.3) is 0 Å². The van der Waals surface area contributed by atoms with Gasteiger partial charge in [-0.3, -0.25) is 5.32 Å². The smallest absolute Gasteiger partial charge is 0.409 e. The molecule has 0 aromatic heterocycles. The maximum Gasteiger partial charge on any atom is 0.409 e. The first-order valence-electron chi connectivity index (χ1n) is 4.23. The minimum atomic E-state index is -1.18. The molecule has 0 bridgehead atoms. The molecule has 5 atom stereocenters. The number of hydrogen-bond acceptors (Lipinski definition) is 6. The van der Waals surface area contributed by atoms with Crippen molar-refractivity contribution in [3.63, 3.8) is 0 Å². The normalized spacial score (nSPS) is 42.9. The fourth-order valence-electron chi connectivity index (χ4n) is 1.64. The number of alkyl carbamates (subject to hydrolysis) is 1. The van der Waals surface area contributed by atoms with Crippen LogP contribution < -0.4 is 5.32 Å². The molecule has 2 heterocycles. The Balaban J connectivity index is 2.05. The highest BCUT2D eigenvalue weighted by atomic mass is 16.6. The lowest BCUT2D eigenvalue weighted by Crippen LogP contribution is -2.41.